The van der Waals surface area contributed by atoms with Crippen molar-refractivity contribution in [3.8, 4) is 0 Å². The quantitative estimate of drug-likeness (QED) is 0.502. The van der Waals surface area contributed by atoms with Crippen molar-refractivity contribution in [3.05, 3.63) is 35.4 Å². The van der Waals surface area contributed by atoms with Gasteiger partial charge in [-0.3, -0.25) is 0 Å². The Morgan fingerprint density at radius 3 is 2.72 bits per heavy atom. The maximum Gasteiger partial charge on any atom is 0.416 e. The van der Waals surface area contributed by atoms with Crippen LogP contribution in [0.15, 0.2) is 29.4 Å². The molecule has 2 N–H and O–H groups in total. The minimum absolute atomic E-state index is 0.354. The Kier molecular flexibility index (Phi) is 5.15. The molecule has 1 rings (SSSR count). The van der Waals surface area contributed by atoms with E-state index in [4.69, 9.17) is 10.6 Å². The molecule has 0 radical (unpaired) electrons. The summed E-state index contributed by atoms with van der Waals surface area (Å²) in [5.41, 5.74) is 5.36. The van der Waals surface area contributed by atoms with Crippen LogP contribution < -0.4 is 5.73 Å². The van der Waals surface area contributed by atoms with Gasteiger partial charge in [-0.2, -0.15) is 13.2 Å². The van der Waals surface area contributed by atoms with Gasteiger partial charge < -0.3 is 10.6 Å². The van der Waals surface area contributed by atoms with Crippen LogP contribution in [0.5, 0.6) is 0 Å². The van der Waals surface area contributed by atoms with E-state index < -0.39 is 11.7 Å². The van der Waals surface area contributed by atoms with Crippen LogP contribution in [0.3, 0.4) is 0 Å². The van der Waals surface area contributed by atoms with Crippen molar-refractivity contribution >= 4 is 5.71 Å². The number of hydrogen-bond acceptors (Lipinski definition) is 3. The summed E-state index contributed by atoms with van der Waals surface area (Å²) in [6.45, 7) is 2.43. The number of halogens is 3. The number of hydrogen-bond donors (Lipinski definition) is 1. The third-order valence-electron chi connectivity index (χ3n) is 2.25. The molecular formula is C12H15F3N2O. The summed E-state index contributed by atoms with van der Waals surface area (Å²) in [7, 11) is 0. The van der Waals surface area contributed by atoms with Crippen molar-refractivity contribution in [3.63, 3.8) is 0 Å². The Labute approximate surface area is 103 Å². The maximum atomic E-state index is 12.5. The standard InChI is InChI=1S/C12H15F3N2O/c1-9(17-18-7-3-6-16)10-4-2-5-11(8-10)12(13,14)15/h2,4-5,8H,3,6-7,16H2,1H3/b17-9+. The van der Waals surface area contributed by atoms with E-state index in [0.29, 0.717) is 30.8 Å². The summed E-state index contributed by atoms with van der Waals surface area (Å²) >= 11 is 0. The summed E-state index contributed by atoms with van der Waals surface area (Å²) in [6.07, 6.45) is -3.70. The first kappa shape index (κ1) is 14.5. The highest BCUT2D eigenvalue weighted by Gasteiger charge is 2.30. The minimum atomic E-state index is -4.35. The molecule has 0 saturated heterocycles. The fraction of sp³-hybridized carbons (Fsp3) is 0.417. The zero-order valence-electron chi connectivity index (χ0n) is 10.00. The molecule has 100 valence electrons. The third-order valence-corrected chi connectivity index (χ3v) is 2.25. The predicted octanol–water partition coefficient (Wildman–Crippen LogP) is 2.79. The number of benzene rings is 1. The normalized spacial score (nSPS) is 12.6. The Hall–Kier alpha value is -1.56. The van der Waals surface area contributed by atoms with Gasteiger partial charge in [-0.1, -0.05) is 17.3 Å². The lowest BCUT2D eigenvalue weighted by Gasteiger charge is -2.08. The lowest BCUT2D eigenvalue weighted by Crippen LogP contribution is -2.07. The van der Waals surface area contributed by atoms with E-state index in [9.17, 15) is 13.2 Å². The van der Waals surface area contributed by atoms with Gasteiger partial charge in [0.05, 0.1) is 11.3 Å². The molecule has 0 amide bonds. The van der Waals surface area contributed by atoms with E-state index in [1.807, 2.05) is 0 Å². The molecule has 0 bridgehead atoms. The first-order valence-corrected chi connectivity index (χ1v) is 5.49. The van der Waals surface area contributed by atoms with Crippen LogP contribution in [-0.2, 0) is 11.0 Å². The van der Waals surface area contributed by atoms with Gasteiger partial charge in [0.2, 0.25) is 0 Å². The molecule has 0 aromatic heterocycles. The molecule has 0 unspecified atom stereocenters. The number of rotatable bonds is 5. The first-order chi connectivity index (χ1) is 8.45. The van der Waals surface area contributed by atoms with E-state index in [1.54, 1.807) is 13.0 Å². The monoisotopic (exact) mass is 260 g/mol. The number of alkyl halides is 3. The van der Waals surface area contributed by atoms with E-state index >= 15 is 0 Å². The van der Waals surface area contributed by atoms with Crippen molar-refractivity contribution in [2.45, 2.75) is 19.5 Å². The Morgan fingerprint density at radius 2 is 2.11 bits per heavy atom. The highest BCUT2D eigenvalue weighted by atomic mass is 19.4. The zero-order valence-corrected chi connectivity index (χ0v) is 10.00. The molecule has 1 aromatic carbocycles. The molecule has 0 fully saturated rings. The van der Waals surface area contributed by atoms with E-state index in [2.05, 4.69) is 5.16 Å². The average molecular weight is 260 g/mol. The molecule has 0 atom stereocenters. The van der Waals surface area contributed by atoms with Gasteiger partial charge in [0, 0.05) is 0 Å². The van der Waals surface area contributed by atoms with Crippen molar-refractivity contribution in [1.82, 2.24) is 0 Å². The lowest BCUT2D eigenvalue weighted by atomic mass is 10.1. The van der Waals surface area contributed by atoms with Gasteiger partial charge >= 0.3 is 6.18 Å². The number of nitrogens with two attached hydrogens (primary N) is 1. The van der Waals surface area contributed by atoms with Gasteiger partial charge in [0.1, 0.15) is 6.61 Å². The molecule has 0 saturated carbocycles. The van der Waals surface area contributed by atoms with Crippen molar-refractivity contribution in [2.24, 2.45) is 10.9 Å². The number of nitrogens with zero attached hydrogens (tertiary/aromatic N) is 1. The molecule has 18 heavy (non-hydrogen) atoms. The summed E-state index contributed by atoms with van der Waals surface area (Å²) < 4.78 is 37.5. The van der Waals surface area contributed by atoms with E-state index in [0.717, 1.165) is 12.1 Å². The lowest BCUT2D eigenvalue weighted by molar-refractivity contribution is -0.137. The zero-order chi connectivity index (χ0) is 13.6. The van der Waals surface area contributed by atoms with Crippen LogP contribution in [-0.4, -0.2) is 18.9 Å². The third kappa shape index (κ3) is 4.37. The fourth-order valence-electron chi connectivity index (χ4n) is 1.26. The second-order valence-electron chi connectivity index (χ2n) is 3.73. The average Bonchev–Trinajstić information content (AvgIpc) is 2.33. The molecule has 1 aromatic rings. The molecular weight excluding hydrogens is 245 g/mol. The SMILES string of the molecule is C/C(=N\OCCCN)c1cccc(C(F)(F)F)c1. The molecule has 0 aliphatic rings. The highest BCUT2D eigenvalue weighted by molar-refractivity contribution is 5.98. The topological polar surface area (TPSA) is 47.6 Å². The van der Waals surface area contributed by atoms with Gasteiger partial charge in [0.25, 0.3) is 0 Å². The van der Waals surface area contributed by atoms with Crippen LogP contribution in [0, 0.1) is 0 Å². The van der Waals surface area contributed by atoms with Gasteiger partial charge in [0.15, 0.2) is 0 Å². The van der Waals surface area contributed by atoms with Crippen LogP contribution in [0.25, 0.3) is 0 Å². The maximum absolute atomic E-state index is 12.5. The van der Waals surface area contributed by atoms with Crippen LogP contribution in [0.4, 0.5) is 13.2 Å². The largest absolute Gasteiger partial charge is 0.416 e. The summed E-state index contributed by atoms with van der Waals surface area (Å²) in [5.74, 6) is 0. The van der Waals surface area contributed by atoms with Gasteiger partial charge in [-0.15, -0.1) is 0 Å². The molecule has 0 spiro atoms. The van der Waals surface area contributed by atoms with Crippen molar-refractivity contribution in [1.29, 1.82) is 0 Å². The molecule has 0 aliphatic carbocycles. The summed E-state index contributed by atoms with van der Waals surface area (Å²) in [4.78, 5) is 4.94. The Balaban J connectivity index is 2.77. The Bertz CT molecular complexity index is 416. The Morgan fingerprint density at radius 1 is 1.39 bits per heavy atom. The highest BCUT2D eigenvalue weighted by Crippen LogP contribution is 2.29. The van der Waals surface area contributed by atoms with Gasteiger partial charge in [-0.05, 0) is 37.6 Å². The smallest absolute Gasteiger partial charge is 0.396 e. The molecule has 3 nitrogen and oxygen atoms in total. The van der Waals surface area contributed by atoms with Crippen LogP contribution in [0.2, 0.25) is 0 Å². The minimum Gasteiger partial charge on any atom is -0.396 e. The first-order valence-electron chi connectivity index (χ1n) is 5.49. The molecule has 0 aliphatic heterocycles. The fourth-order valence-corrected chi connectivity index (χ4v) is 1.26. The predicted molar refractivity (Wildman–Crippen MR) is 63.3 cm³/mol. The second-order valence-corrected chi connectivity index (χ2v) is 3.73. The van der Waals surface area contributed by atoms with Crippen LogP contribution >= 0.6 is 0 Å². The van der Waals surface area contributed by atoms with E-state index in [-0.39, 0.29) is 0 Å². The van der Waals surface area contributed by atoms with E-state index in [1.165, 1.54) is 6.07 Å². The van der Waals surface area contributed by atoms with Crippen molar-refractivity contribution in [2.75, 3.05) is 13.2 Å². The summed E-state index contributed by atoms with van der Waals surface area (Å²) in [6, 6.07) is 4.97. The van der Waals surface area contributed by atoms with Crippen LogP contribution in [0.1, 0.15) is 24.5 Å². The van der Waals surface area contributed by atoms with Crippen molar-refractivity contribution < 1.29 is 18.0 Å². The summed E-state index contributed by atoms with van der Waals surface area (Å²) in [5, 5.41) is 3.75. The molecule has 6 heteroatoms. The number of oxime groups is 1. The molecule has 0 heterocycles. The van der Waals surface area contributed by atoms with Gasteiger partial charge in [-0.25, -0.2) is 0 Å². The second kappa shape index (κ2) is 6.39.